The van der Waals surface area contributed by atoms with Crippen LogP contribution in [0.4, 0.5) is 5.13 Å². The van der Waals surface area contributed by atoms with Crippen LogP contribution in [0.3, 0.4) is 0 Å². The lowest BCUT2D eigenvalue weighted by molar-refractivity contribution is 0.0959. The van der Waals surface area contributed by atoms with Crippen molar-refractivity contribution >= 4 is 44.2 Å². The van der Waals surface area contributed by atoms with E-state index >= 15 is 0 Å². The van der Waals surface area contributed by atoms with Crippen molar-refractivity contribution in [1.82, 2.24) is 9.88 Å². The van der Waals surface area contributed by atoms with Crippen LogP contribution in [0.5, 0.6) is 0 Å². The average molecular weight is 364 g/mol. The molecule has 5 nitrogen and oxygen atoms in total. The maximum atomic E-state index is 12.8. The fourth-order valence-electron chi connectivity index (χ4n) is 2.38. The second-order valence-electron chi connectivity index (χ2n) is 5.67. The Balaban J connectivity index is 1.92. The average Bonchev–Trinajstić information content (AvgIpc) is 3.20. The number of aromatic nitrogens is 1. The van der Waals surface area contributed by atoms with Crippen LogP contribution in [-0.2, 0) is 0 Å². The van der Waals surface area contributed by atoms with Crippen LogP contribution in [0.2, 0.25) is 5.02 Å². The molecule has 0 bridgehead atoms. The van der Waals surface area contributed by atoms with E-state index in [1.54, 1.807) is 23.1 Å². The number of carbonyl (C=O) groups excluding carboxylic acids is 1. The molecular weight excluding hydrogens is 346 g/mol. The predicted octanol–water partition coefficient (Wildman–Crippen LogP) is 4.14. The summed E-state index contributed by atoms with van der Waals surface area (Å²) >= 11 is 7.67. The molecule has 0 unspecified atom stereocenters. The maximum Gasteiger partial charge on any atom is 0.295 e. The van der Waals surface area contributed by atoms with Gasteiger partial charge in [-0.05, 0) is 51.3 Å². The number of carbonyl (C=O) groups is 1. The van der Waals surface area contributed by atoms with Crippen molar-refractivity contribution in [2.75, 3.05) is 32.1 Å². The fraction of sp³-hybridized carbons (Fsp3) is 0.294. The molecule has 3 rings (SSSR count). The Morgan fingerprint density at radius 1 is 1.25 bits per heavy atom. The van der Waals surface area contributed by atoms with Gasteiger partial charge in [0.1, 0.15) is 5.52 Å². The highest BCUT2D eigenvalue weighted by atomic mass is 35.5. The topological polar surface area (TPSA) is 49.6 Å². The number of amides is 1. The maximum absolute atomic E-state index is 12.8. The van der Waals surface area contributed by atoms with Gasteiger partial charge in [-0.1, -0.05) is 29.0 Å². The Kier molecular flexibility index (Phi) is 5.18. The van der Waals surface area contributed by atoms with Crippen molar-refractivity contribution in [2.45, 2.75) is 6.42 Å². The zero-order valence-corrected chi connectivity index (χ0v) is 15.1. The van der Waals surface area contributed by atoms with Gasteiger partial charge in [-0.15, -0.1) is 0 Å². The van der Waals surface area contributed by atoms with Crippen LogP contribution < -0.4 is 4.90 Å². The Morgan fingerprint density at radius 3 is 2.75 bits per heavy atom. The fourth-order valence-corrected chi connectivity index (χ4v) is 3.67. The van der Waals surface area contributed by atoms with Crippen LogP contribution in [0, 0.1) is 0 Å². The summed E-state index contributed by atoms with van der Waals surface area (Å²) in [5.41, 5.74) is 0.726. The van der Waals surface area contributed by atoms with Crippen molar-refractivity contribution in [3.05, 3.63) is 47.4 Å². The van der Waals surface area contributed by atoms with Gasteiger partial charge in [-0.2, -0.15) is 0 Å². The minimum atomic E-state index is -0.186. The van der Waals surface area contributed by atoms with Gasteiger partial charge in [0.25, 0.3) is 5.91 Å². The highest BCUT2D eigenvalue weighted by Crippen LogP contribution is 2.33. The second kappa shape index (κ2) is 7.34. The van der Waals surface area contributed by atoms with Gasteiger partial charge in [0.15, 0.2) is 10.9 Å². The first kappa shape index (κ1) is 17.0. The molecule has 1 amide bonds. The van der Waals surface area contributed by atoms with E-state index in [1.165, 1.54) is 17.6 Å². The van der Waals surface area contributed by atoms with E-state index in [-0.39, 0.29) is 5.91 Å². The van der Waals surface area contributed by atoms with E-state index < -0.39 is 0 Å². The van der Waals surface area contributed by atoms with Crippen molar-refractivity contribution in [1.29, 1.82) is 0 Å². The highest BCUT2D eigenvalue weighted by Gasteiger charge is 2.23. The van der Waals surface area contributed by atoms with E-state index in [4.69, 9.17) is 16.0 Å². The lowest BCUT2D eigenvalue weighted by Gasteiger charge is -2.19. The molecule has 0 aliphatic carbocycles. The first-order valence-corrected chi connectivity index (χ1v) is 8.81. The lowest BCUT2D eigenvalue weighted by Crippen LogP contribution is -2.33. The summed E-state index contributed by atoms with van der Waals surface area (Å²) in [5.74, 6) is 0.124. The third-order valence-electron chi connectivity index (χ3n) is 3.55. The number of furan rings is 1. The van der Waals surface area contributed by atoms with Crippen molar-refractivity contribution < 1.29 is 9.21 Å². The largest absolute Gasteiger partial charge is 0.459 e. The standard InChI is InChI=1S/C17H18ClN3O2S/c1-20(2)9-5-10-21(16(22)13-7-4-11-23-13)17-19-15-12(18)6-3-8-14(15)24-17/h3-4,6-8,11H,5,9-10H2,1-2H3. The lowest BCUT2D eigenvalue weighted by atomic mass is 10.3. The van der Waals surface area contributed by atoms with Crippen molar-refractivity contribution in [2.24, 2.45) is 0 Å². The second-order valence-corrected chi connectivity index (χ2v) is 7.09. The van der Waals surface area contributed by atoms with Gasteiger partial charge in [0.05, 0.1) is 16.0 Å². The summed E-state index contributed by atoms with van der Waals surface area (Å²) in [6, 6.07) is 9.02. The van der Waals surface area contributed by atoms with Gasteiger partial charge in [-0.3, -0.25) is 9.69 Å². The monoisotopic (exact) mass is 363 g/mol. The zero-order valence-electron chi connectivity index (χ0n) is 13.5. The Bertz CT molecular complexity index is 830. The van der Waals surface area contributed by atoms with Crippen LogP contribution in [0.15, 0.2) is 41.0 Å². The summed E-state index contributed by atoms with van der Waals surface area (Å²) in [5, 5.41) is 1.23. The molecule has 7 heteroatoms. The van der Waals surface area contributed by atoms with Crippen LogP contribution >= 0.6 is 22.9 Å². The first-order valence-electron chi connectivity index (χ1n) is 7.61. The number of benzene rings is 1. The molecule has 24 heavy (non-hydrogen) atoms. The quantitative estimate of drug-likeness (QED) is 0.660. The van der Waals surface area contributed by atoms with Gasteiger partial charge >= 0.3 is 0 Å². The molecule has 126 valence electrons. The molecule has 0 aliphatic rings. The molecule has 0 fully saturated rings. The number of fused-ring (bicyclic) bond motifs is 1. The van der Waals surface area contributed by atoms with E-state index in [0.29, 0.717) is 22.5 Å². The smallest absolute Gasteiger partial charge is 0.295 e. The number of halogens is 1. The highest BCUT2D eigenvalue weighted by molar-refractivity contribution is 7.22. The van der Waals surface area contributed by atoms with Crippen molar-refractivity contribution in [3.8, 4) is 0 Å². The first-order chi connectivity index (χ1) is 11.6. The summed E-state index contributed by atoms with van der Waals surface area (Å²) in [7, 11) is 4.02. The van der Waals surface area contributed by atoms with E-state index in [2.05, 4.69) is 9.88 Å². The summed E-state index contributed by atoms with van der Waals surface area (Å²) in [4.78, 5) is 21.1. The number of hydrogen-bond donors (Lipinski definition) is 0. The summed E-state index contributed by atoms with van der Waals surface area (Å²) < 4.78 is 6.23. The van der Waals surface area contributed by atoms with E-state index in [0.717, 1.165) is 23.2 Å². The molecule has 0 radical (unpaired) electrons. The minimum absolute atomic E-state index is 0.186. The number of thiazole rings is 1. The van der Waals surface area contributed by atoms with Crippen LogP contribution in [0.1, 0.15) is 17.0 Å². The molecular formula is C17H18ClN3O2S. The van der Waals surface area contributed by atoms with Crippen LogP contribution in [-0.4, -0.2) is 43.0 Å². The van der Waals surface area contributed by atoms with Crippen molar-refractivity contribution in [3.63, 3.8) is 0 Å². The van der Waals surface area contributed by atoms with E-state index in [1.807, 2.05) is 26.2 Å². The van der Waals surface area contributed by atoms with Crippen LogP contribution in [0.25, 0.3) is 10.2 Å². The van der Waals surface area contributed by atoms with Gasteiger partial charge < -0.3 is 9.32 Å². The molecule has 0 saturated carbocycles. The molecule has 3 aromatic rings. The summed E-state index contributed by atoms with van der Waals surface area (Å²) in [6.07, 6.45) is 2.34. The molecule has 0 atom stereocenters. The Hall–Kier alpha value is -1.89. The molecule has 0 saturated heterocycles. The normalized spacial score (nSPS) is 11.3. The Labute approximate surface area is 149 Å². The predicted molar refractivity (Wildman–Crippen MR) is 98.2 cm³/mol. The number of rotatable bonds is 6. The third-order valence-corrected chi connectivity index (χ3v) is 4.90. The summed E-state index contributed by atoms with van der Waals surface area (Å²) in [6.45, 7) is 1.45. The number of anilines is 1. The van der Waals surface area contributed by atoms with Gasteiger partial charge in [0.2, 0.25) is 0 Å². The van der Waals surface area contributed by atoms with Gasteiger partial charge in [0, 0.05) is 6.54 Å². The molecule has 2 heterocycles. The molecule has 0 aliphatic heterocycles. The SMILES string of the molecule is CN(C)CCCN(C(=O)c1ccco1)c1nc2c(Cl)cccc2s1. The minimum Gasteiger partial charge on any atom is -0.459 e. The molecule has 0 N–H and O–H groups in total. The third kappa shape index (κ3) is 3.61. The molecule has 1 aromatic carbocycles. The molecule has 2 aromatic heterocycles. The zero-order chi connectivity index (χ0) is 17.1. The number of para-hydroxylation sites is 1. The van der Waals surface area contributed by atoms with E-state index in [9.17, 15) is 4.79 Å². The number of nitrogens with zero attached hydrogens (tertiary/aromatic N) is 3. The molecule has 0 spiro atoms. The Morgan fingerprint density at radius 2 is 2.08 bits per heavy atom. The van der Waals surface area contributed by atoms with Gasteiger partial charge in [-0.25, -0.2) is 4.98 Å². The number of hydrogen-bond acceptors (Lipinski definition) is 5.